The van der Waals surface area contributed by atoms with Gasteiger partial charge in [0.2, 0.25) is 5.82 Å². The van der Waals surface area contributed by atoms with Gasteiger partial charge in [-0.15, -0.1) is 5.10 Å². The maximum absolute atomic E-state index is 5.30. The lowest BCUT2D eigenvalue weighted by Crippen LogP contribution is -3.15. The van der Waals surface area contributed by atoms with Gasteiger partial charge in [0.15, 0.2) is 6.04 Å². The summed E-state index contributed by atoms with van der Waals surface area (Å²) < 4.78 is 7.44. The molecule has 1 saturated carbocycles. The quantitative estimate of drug-likeness (QED) is 0.664. The number of methoxy groups -OCH3 is 1. The Bertz CT molecular complexity index is 959. The van der Waals surface area contributed by atoms with Gasteiger partial charge in [-0.3, -0.25) is 0 Å². The van der Waals surface area contributed by atoms with E-state index in [-0.39, 0.29) is 6.04 Å². The third-order valence-corrected chi connectivity index (χ3v) is 6.83. The van der Waals surface area contributed by atoms with Crippen LogP contribution in [-0.4, -0.2) is 53.5 Å². The average molecular weight is 420 g/mol. The zero-order chi connectivity index (χ0) is 21.0. The highest BCUT2D eigenvalue weighted by Crippen LogP contribution is 2.31. The molecule has 7 heteroatoms. The van der Waals surface area contributed by atoms with E-state index in [1.54, 1.807) is 7.11 Å². The molecule has 2 heterocycles. The molecule has 3 aromatic rings. The summed E-state index contributed by atoms with van der Waals surface area (Å²) >= 11 is 0. The molecule has 1 saturated heterocycles. The number of tetrazole rings is 1. The van der Waals surface area contributed by atoms with Crippen LogP contribution in [0.15, 0.2) is 54.6 Å². The van der Waals surface area contributed by atoms with Crippen molar-refractivity contribution in [2.24, 2.45) is 0 Å². The van der Waals surface area contributed by atoms with Crippen LogP contribution >= 0.6 is 0 Å². The van der Waals surface area contributed by atoms with Crippen molar-refractivity contribution >= 4 is 5.69 Å². The summed E-state index contributed by atoms with van der Waals surface area (Å²) in [6.45, 7) is 4.11. The van der Waals surface area contributed by atoms with Gasteiger partial charge in [-0.2, -0.15) is 0 Å². The van der Waals surface area contributed by atoms with E-state index in [1.807, 2.05) is 12.1 Å². The minimum atomic E-state index is 0.162. The molecule has 0 spiro atoms. The van der Waals surface area contributed by atoms with E-state index in [9.17, 15) is 0 Å². The largest absolute Gasteiger partial charge is 0.497 e. The molecule has 162 valence electrons. The van der Waals surface area contributed by atoms with E-state index in [4.69, 9.17) is 4.74 Å². The molecule has 7 nitrogen and oxygen atoms in total. The second-order valence-electron chi connectivity index (χ2n) is 8.61. The van der Waals surface area contributed by atoms with Gasteiger partial charge in [0.25, 0.3) is 0 Å². The predicted molar refractivity (Wildman–Crippen MR) is 120 cm³/mol. The van der Waals surface area contributed by atoms with Crippen molar-refractivity contribution in [2.75, 3.05) is 38.2 Å². The van der Waals surface area contributed by atoms with Crippen molar-refractivity contribution in [3.05, 3.63) is 66.0 Å². The highest BCUT2D eigenvalue weighted by Gasteiger charge is 2.36. The van der Waals surface area contributed by atoms with Crippen LogP contribution in [0.3, 0.4) is 0 Å². The number of piperazine rings is 1. The van der Waals surface area contributed by atoms with Gasteiger partial charge >= 0.3 is 0 Å². The average Bonchev–Trinajstić information content (AvgIpc) is 3.53. The van der Waals surface area contributed by atoms with Crippen LogP contribution in [0, 0.1) is 0 Å². The molecule has 1 aromatic heterocycles. The number of ether oxygens (including phenoxy) is 1. The van der Waals surface area contributed by atoms with Crippen LogP contribution in [-0.2, 0) is 0 Å². The minimum absolute atomic E-state index is 0.162. The third-order valence-electron chi connectivity index (χ3n) is 6.83. The van der Waals surface area contributed by atoms with Gasteiger partial charge in [0.1, 0.15) is 5.75 Å². The fraction of sp³-hybridized carbons (Fsp3) is 0.458. The van der Waals surface area contributed by atoms with Crippen molar-refractivity contribution in [3.8, 4) is 5.75 Å². The second-order valence-corrected chi connectivity index (χ2v) is 8.61. The fourth-order valence-electron chi connectivity index (χ4n) is 5.15. The van der Waals surface area contributed by atoms with Crippen LogP contribution in [0.1, 0.15) is 49.2 Å². The summed E-state index contributed by atoms with van der Waals surface area (Å²) in [5.74, 6) is 1.92. The molecule has 1 aliphatic carbocycles. The van der Waals surface area contributed by atoms with Crippen molar-refractivity contribution in [1.29, 1.82) is 0 Å². The number of rotatable bonds is 6. The summed E-state index contributed by atoms with van der Waals surface area (Å²) in [6, 6.07) is 19.8. The van der Waals surface area contributed by atoms with E-state index in [2.05, 4.69) is 67.6 Å². The van der Waals surface area contributed by atoms with E-state index in [0.29, 0.717) is 6.04 Å². The van der Waals surface area contributed by atoms with Gasteiger partial charge in [-0.1, -0.05) is 43.2 Å². The number of quaternary nitrogens is 1. The molecule has 0 unspecified atom stereocenters. The Hall–Kier alpha value is -2.93. The standard InChI is InChI=1S/C24H30N6O/c1-31-22-13-11-20(12-14-22)28-15-17-29(18-16-28)23(19-7-3-2-4-8-19)24-25-26-27-30(24)21-9-5-6-10-21/h2-4,7-8,11-14,21,23H,5-6,9-10,15-18H2,1H3/p+1/t23-/m1/s1. The number of nitrogens with one attached hydrogen (secondary N) is 1. The lowest BCUT2D eigenvalue weighted by atomic mass is 10.0. The maximum Gasteiger partial charge on any atom is 0.214 e. The first kappa shape index (κ1) is 20.0. The highest BCUT2D eigenvalue weighted by atomic mass is 16.5. The second kappa shape index (κ2) is 9.06. The third kappa shape index (κ3) is 4.14. The van der Waals surface area contributed by atoms with Crippen molar-refractivity contribution < 1.29 is 9.64 Å². The smallest absolute Gasteiger partial charge is 0.214 e. The maximum atomic E-state index is 5.30. The summed E-state index contributed by atoms with van der Waals surface area (Å²) in [6.07, 6.45) is 4.90. The Morgan fingerprint density at radius 1 is 0.968 bits per heavy atom. The molecule has 5 rings (SSSR count). The summed E-state index contributed by atoms with van der Waals surface area (Å²) in [5, 5.41) is 13.1. The molecule has 2 aliphatic rings. The SMILES string of the molecule is COc1ccc(N2CC[NH+]([C@H](c3ccccc3)c3nnnn3C3CCCC3)CC2)cc1. The van der Waals surface area contributed by atoms with Gasteiger partial charge in [0, 0.05) is 11.3 Å². The Labute approximate surface area is 183 Å². The van der Waals surface area contributed by atoms with E-state index in [0.717, 1.165) is 37.8 Å². The van der Waals surface area contributed by atoms with Gasteiger partial charge < -0.3 is 14.5 Å². The van der Waals surface area contributed by atoms with Crippen LogP contribution in [0.5, 0.6) is 5.75 Å². The number of anilines is 1. The van der Waals surface area contributed by atoms with Crippen LogP contribution in [0.25, 0.3) is 0 Å². The van der Waals surface area contributed by atoms with Crippen molar-refractivity contribution in [1.82, 2.24) is 20.2 Å². The topological polar surface area (TPSA) is 60.5 Å². The summed E-state index contributed by atoms with van der Waals surface area (Å²) in [4.78, 5) is 4.00. The van der Waals surface area contributed by atoms with Crippen LogP contribution in [0.2, 0.25) is 0 Å². The van der Waals surface area contributed by atoms with Crippen LogP contribution in [0.4, 0.5) is 5.69 Å². The predicted octanol–water partition coefficient (Wildman–Crippen LogP) is 2.29. The molecule has 1 atom stereocenters. The van der Waals surface area contributed by atoms with E-state index < -0.39 is 0 Å². The zero-order valence-electron chi connectivity index (χ0n) is 18.2. The molecule has 0 amide bonds. The zero-order valence-corrected chi connectivity index (χ0v) is 18.2. The first-order valence-electron chi connectivity index (χ1n) is 11.4. The first-order valence-corrected chi connectivity index (χ1v) is 11.4. The number of nitrogens with zero attached hydrogens (tertiary/aromatic N) is 5. The molecule has 2 aromatic carbocycles. The van der Waals surface area contributed by atoms with E-state index >= 15 is 0 Å². The molecular weight excluding hydrogens is 388 g/mol. The number of hydrogen-bond donors (Lipinski definition) is 1. The summed E-state index contributed by atoms with van der Waals surface area (Å²) in [7, 11) is 1.71. The van der Waals surface area contributed by atoms with E-state index in [1.165, 1.54) is 41.8 Å². The molecule has 0 bridgehead atoms. The van der Waals surface area contributed by atoms with Crippen LogP contribution < -0.4 is 14.5 Å². The minimum Gasteiger partial charge on any atom is -0.497 e. The molecule has 31 heavy (non-hydrogen) atoms. The number of hydrogen-bond acceptors (Lipinski definition) is 5. The fourth-order valence-corrected chi connectivity index (χ4v) is 5.15. The monoisotopic (exact) mass is 419 g/mol. The molecule has 0 radical (unpaired) electrons. The number of benzene rings is 2. The normalized spacial score (nSPS) is 18.9. The van der Waals surface area contributed by atoms with Crippen molar-refractivity contribution in [3.63, 3.8) is 0 Å². The van der Waals surface area contributed by atoms with Gasteiger partial charge in [0.05, 0.1) is 39.3 Å². The number of aromatic nitrogens is 4. The Balaban J connectivity index is 1.38. The highest BCUT2D eigenvalue weighted by molar-refractivity contribution is 5.49. The Kier molecular flexibility index (Phi) is 5.84. The van der Waals surface area contributed by atoms with Crippen molar-refractivity contribution in [2.45, 2.75) is 37.8 Å². The Morgan fingerprint density at radius 2 is 1.68 bits per heavy atom. The molecular formula is C24H31N6O+. The Morgan fingerprint density at radius 3 is 2.35 bits per heavy atom. The first-order chi connectivity index (χ1) is 15.3. The van der Waals surface area contributed by atoms with Gasteiger partial charge in [-0.05, 0) is 47.5 Å². The van der Waals surface area contributed by atoms with Gasteiger partial charge in [-0.25, -0.2) is 4.68 Å². The molecule has 2 fully saturated rings. The lowest BCUT2D eigenvalue weighted by Gasteiger charge is -2.37. The molecule has 1 aliphatic heterocycles. The lowest BCUT2D eigenvalue weighted by molar-refractivity contribution is -0.927. The molecule has 1 N–H and O–H groups in total. The summed E-state index contributed by atoms with van der Waals surface area (Å²) in [5.41, 5.74) is 2.55.